The molecule has 0 radical (unpaired) electrons. The molecule has 0 saturated carbocycles. The van der Waals surface area contributed by atoms with Crippen molar-refractivity contribution in [1.29, 1.82) is 0 Å². The number of ether oxygens (including phenoxy) is 1. The van der Waals surface area contributed by atoms with E-state index in [0.717, 1.165) is 30.1 Å². The van der Waals surface area contributed by atoms with Crippen molar-refractivity contribution in [2.75, 3.05) is 38.2 Å². The summed E-state index contributed by atoms with van der Waals surface area (Å²) >= 11 is 0. The van der Waals surface area contributed by atoms with Gasteiger partial charge in [0.05, 0.1) is 7.11 Å². The number of carbonyl (C=O) groups excluding carboxylic acids is 2. The predicted octanol–water partition coefficient (Wildman–Crippen LogP) is 1.83. The fourth-order valence-electron chi connectivity index (χ4n) is 3.08. The molecule has 7 nitrogen and oxygen atoms in total. The van der Waals surface area contributed by atoms with Crippen molar-refractivity contribution in [1.82, 2.24) is 10.2 Å². The number of amides is 3. The monoisotopic (exact) mass is 368 g/mol. The number of anilines is 1. The van der Waals surface area contributed by atoms with Crippen LogP contribution in [0.4, 0.5) is 10.5 Å². The van der Waals surface area contributed by atoms with Gasteiger partial charge in [-0.2, -0.15) is 0 Å². The van der Waals surface area contributed by atoms with Crippen LogP contribution in [0.3, 0.4) is 0 Å². The lowest BCUT2D eigenvalue weighted by Gasteiger charge is -2.36. The van der Waals surface area contributed by atoms with E-state index in [4.69, 9.17) is 10.5 Å². The molecule has 27 heavy (non-hydrogen) atoms. The Morgan fingerprint density at radius 3 is 2.41 bits per heavy atom. The Morgan fingerprint density at radius 2 is 1.78 bits per heavy atom. The van der Waals surface area contributed by atoms with E-state index in [-0.39, 0.29) is 6.03 Å². The van der Waals surface area contributed by atoms with Crippen LogP contribution in [0, 0.1) is 0 Å². The number of nitrogens with two attached hydrogens (primary N) is 1. The van der Waals surface area contributed by atoms with Gasteiger partial charge in [-0.05, 0) is 42.0 Å². The van der Waals surface area contributed by atoms with Crippen molar-refractivity contribution in [3.05, 3.63) is 59.7 Å². The maximum atomic E-state index is 12.4. The van der Waals surface area contributed by atoms with Crippen LogP contribution in [0.15, 0.2) is 48.5 Å². The molecule has 1 aliphatic heterocycles. The minimum Gasteiger partial charge on any atom is -0.497 e. The van der Waals surface area contributed by atoms with E-state index in [0.29, 0.717) is 25.2 Å². The third-order valence-corrected chi connectivity index (χ3v) is 4.66. The number of primary amides is 1. The van der Waals surface area contributed by atoms with Crippen molar-refractivity contribution in [2.24, 2.45) is 5.73 Å². The van der Waals surface area contributed by atoms with Crippen LogP contribution in [0.25, 0.3) is 0 Å². The lowest BCUT2D eigenvalue weighted by molar-refractivity contribution is 0.1000. The standard InChI is InChI=1S/C20H24N4O3/c1-27-18-7-5-17(6-8-18)23-9-11-24(12-10-23)20(26)22-14-15-3-2-4-16(13-15)19(21)25/h2-8,13H,9-12,14H2,1H3,(H2,21,25)(H,22,26). The van der Waals surface area contributed by atoms with Crippen LogP contribution in [0.2, 0.25) is 0 Å². The van der Waals surface area contributed by atoms with Gasteiger partial charge in [-0.3, -0.25) is 4.79 Å². The van der Waals surface area contributed by atoms with Crippen LogP contribution >= 0.6 is 0 Å². The number of nitrogens with zero attached hydrogens (tertiary/aromatic N) is 2. The van der Waals surface area contributed by atoms with Crippen molar-refractivity contribution < 1.29 is 14.3 Å². The molecule has 1 aliphatic rings. The lowest BCUT2D eigenvalue weighted by atomic mass is 10.1. The van der Waals surface area contributed by atoms with Crippen LogP contribution in [0.1, 0.15) is 15.9 Å². The zero-order chi connectivity index (χ0) is 19.2. The van der Waals surface area contributed by atoms with E-state index in [1.54, 1.807) is 30.2 Å². The summed E-state index contributed by atoms with van der Waals surface area (Å²) in [7, 11) is 1.65. The molecule has 2 aromatic rings. The summed E-state index contributed by atoms with van der Waals surface area (Å²) in [6.07, 6.45) is 0. The average molecular weight is 368 g/mol. The van der Waals surface area contributed by atoms with E-state index in [2.05, 4.69) is 10.2 Å². The molecule has 0 spiro atoms. The van der Waals surface area contributed by atoms with Gasteiger partial charge in [0.15, 0.2) is 0 Å². The van der Waals surface area contributed by atoms with Crippen LogP contribution in [-0.4, -0.2) is 50.1 Å². The molecule has 0 unspecified atom stereocenters. The highest BCUT2D eigenvalue weighted by atomic mass is 16.5. The second kappa shape index (κ2) is 8.44. The number of hydrogen-bond acceptors (Lipinski definition) is 4. The van der Waals surface area contributed by atoms with Gasteiger partial charge in [-0.15, -0.1) is 0 Å². The van der Waals surface area contributed by atoms with Gasteiger partial charge in [-0.25, -0.2) is 4.79 Å². The first-order chi connectivity index (χ1) is 13.1. The highest BCUT2D eigenvalue weighted by Crippen LogP contribution is 2.20. The zero-order valence-corrected chi connectivity index (χ0v) is 15.4. The molecule has 1 saturated heterocycles. The first-order valence-electron chi connectivity index (χ1n) is 8.87. The van der Waals surface area contributed by atoms with Gasteiger partial charge in [0, 0.05) is 44.0 Å². The molecule has 0 aliphatic carbocycles. The van der Waals surface area contributed by atoms with E-state index in [1.807, 2.05) is 30.3 Å². The van der Waals surface area contributed by atoms with Crippen molar-refractivity contribution in [3.8, 4) is 5.75 Å². The molecule has 2 aromatic carbocycles. The van der Waals surface area contributed by atoms with E-state index >= 15 is 0 Å². The van der Waals surface area contributed by atoms with Crippen molar-refractivity contribution in [3.63, 3.8) is 0 Å². The summed E-state index contributed by atoms with van der Waals surface area (Å²) in [5.74, 6) is 0.356. The van der Waals surface area contributed by atoms with Crippen molar-refractivity contribution >= 4 is 17.6 Å². The number of benzene rings is 2. The first kappa shape index (κ1) is 18.6. The number of urea groups is 1. The molecular formula is C20H24N4O3. The van der Waals surface area contributed by atoms with Gasteiger partial charge in [0.2, 0.25) is 5.91 Å². The smallest absolute Gasteiger partial charge is 0.317 e. The number of nitrogens with one attached hydrogen (secondary N) is 1. The minimum atomic E-state index is -0.474. The Labute approximate surface area is 158 Å². The summed E-state index contributed by atoms with van der Waals surface area (Å²) in [4.78, 5) is 27.7. The fourth-order valence-corrected chi connectivity index (χ4v) is 3.08. The molecule has 0 aromatic heterocycles. The van der Waals surface area contributed by atoms with Gasteiger partial charge < -0.3 is 25.6 Å². The van der Waals surface area contributed by atoms with E-state index < -0.39 is 5.91 Å². The Morgan fingerprint density at radius 1 is 1.07 bits per heavy atom. The number of carbonyl (C=O) groups is 2. The number of piperazine rings is 1. The fraction of sp³-hybridized carbons (Fsp3) is 0.300. The number of rotatable bonds is 5. The molecule has 3 amide bonds. The normalized spacial score (nSPS) is 14.0. The molecule has 3 N–H and O–H groups in total. The van der Waals surface area contributed by atoms with Gasteiger partial charge >= 0.3 is 6.03 Å². The van der Waals surface area contributed by atoms with E-state index in [1.165, 1.54) is 0 Å². The van der Waals surface area contributed by atoms with Gasteiger partial charge in [0.25, 0.3) is 0 Å². The largest absolute Gasteiger partial charge is 0.497 e. The second-order valence-corrected chi connectivity index (χ2v) is 6.40. The zero-order valence-electron chi connectivity index (χ0n) is 15.4. The van der Waals surface area contributed by atoms with Crippen LogP contribution in [-0.2, 0) is 6.54 Å². The SMILES string of the molecule is COc1ccc(N2CCN(C(=O)NCc3cccc(C(N)=O)c3)CC2)cc1. The van der Waals surface area contributed by atoms with Crippen LogP contribution < -0.4 is 20.7 Å². The maximum absolute atomic E-state index is 12.4. The van der Waals surface area contributed by atoms with E-state index in [9.17, 15) is 9.59 Å². The Balaban J connectivity index is 1.49. The van der Waals surface area contributed by atoms with Crippen LogP contribution in [0.5, 0.6) is 5.75 Å². The van der Waals surface area contributed by atoms with Gasteiger partial charge in [-0.1, -0.05) is 12.1 Å². The molecule has 142 valence electrons. The summed E-state index contributed by atoms with van der Waals surface area (Å²) in [5, 5.41) is 2.90. The summed E-state index contributed by atoms with van der Waals surface area (Å²) < 4.78 is 5.18. The third-order valence-electron chi connectivity index (χ3n) is 4.66. The molecule has 1 fully saturated rings. The highest BCUT2D eigenvalue weighted by molar-refractivity contribution is 5.92. The summed E-state index contributed by atoms with van der Waals surface area (Å²) in [5.41, 5.74) is 7.69. The minimum absolute atomic E-state index is 0.103. The lowest BCUT2D eigenvalue weighted by Crippen LogP contribution is -2.51. The molecular weight excluding hydrogens is 344 g/mol. The molecule has 1 heterocycles. The third kappa shape index (κ3) is 4.69. The maximum Gasteiger partial charge on any atom is 0.317 e. The topological polar surface area (TPSA) is 87.9 Å². The Kier molecular flexibility index (Phi) is 5.80. The molecule has 0 atom stereocenters. The number of hydrogen-bond donors (Lipinski definition) is 2. The second-order valence-electron chi connectivity index (χ2n) is 6.40. The number of methoxy groups -OCH3 is 1. The quantitative estimate of drug-likeness (QED) is 0.843. The summed E-state index contributed by atoms with van der Waals surface area (Å²) in [6.45, 7) is 3.21. The Bertz CT molecular complexity index is 799. The molecule has 3 rings (SSSR count). The summed E-state index contributed by atoms with van der Waals surface area (Å²) in [6, 6.07) is 14.8. The molecule has 7 heteroatoms. The van der Waals surface area contributed by atoms with Crippen molar-refractivity contribution in [2.45, 2.75) is 6.54 Å². The predicted molar refractivity (Wildman–Crippen MR) is 104 cm³/mol. The Hall–Kier alpha value is -3.22. The molecule has 0 bridgehead atoms. The highest BCUT2D eigenvalue weighted by Gasteiger charge is 2.21. The van der Waals surface area contributed by atoms with Gasteiger partial charge in [0.1, 0.15) is 5.75 Å². The first-order valence-corrected chi connectivity index (χ1v) is 8.87. The average Bonchev–Trinajstić information content (AvgIpc) is 2.72.